The zero-order valence-corrected chi connectivity index (χ0v) is 13.8. The van der Waals surface area contributed by atoms with Crippen LogP contribution in [-0.2, 0) is 0 Å². The van der Waals surface area contributed by atoms with Crippen LogP contribution < -0.4 is 0 Å². The van der Waals surface area contributed by atoms with Crippen molar-refractivity contribution in [3.8, 4) is 0 Å². The molecule has 1 rings (SSSR count). The van der Waals surface area contributed by atoms with Crippen molar-refractivity contribution < 1.29 is 4.79 Å². The molecule has 0 radical (unpaired) electrons. The third kappa shape index (κ3) is 6.53. The summed E-state index contributed by atoms with van der Waals surface area (Å²) in [6, 6.07) is 7.16. The van der Waals surface area contributed by atoms with Gasteiger partial charge < -0.3 is 4.90 Å². The van der Waals surface area contributed by atoms with Gasteiger partial charge in [0.05, 0.1) is 0 Å². The quantitative estimate of drug-likeness (QED) is 0.657. The number of benzene rings is 1. The molecule has 0 heterocycles. The van der Waals surface area contributed by atoms with Crippen LogP contribution in [0.1, 0.15) is 44.5 Å². The lowest BCUT2D eigenvalue weighted by molar-refractivity contribution is 0.0956. The van der Waals surface area contributed by atoms with Crippen molar-refractivity contribution in [2.45, 2.75) is 34.1 Å². The highest BCUT2D eigenvalue weighted by Gasteiger charge is 2.12. The standard InChI is InChI=1S/C17H26ClNO/c1-13(2)11-19(12-14(3)4)10-9-17(20)15-5-7-16(18)8-6-15/h5-8,13-14H,9-12H2,1-4H3. The van der Waals surface area contributed by atoms with Crippen LogP contribution in [0.2, 0.25) is 5.02 Å². The van der Waals surface area contributed by atoms with Crippen molar-refractivity contribution >= 4 is 17.4 Å². The van der Waals surface area contributed by atoms with Gasteiger partial charge in [0.1, 0.15) is 0 Å². The molecule has 0 N–H and O–H groups in total. The molecule has 0 aromatic heterocycles. The van der Waals surface area contributed by atoms with E-state index in [0.717, 1.165) is 25.2 Å². The van der Waals surface area contributed by atoms with Crippen LogP contribution in [0.3, 0.4) is 0 Å². The van der Waals surface area contributed by atoms with E-state index in [2.05, 4.69) is 32.6 Å². The number of rotatable bonds is 8. The maximum Gasteiger partial charge on any atom is 0.164 e. The van der Waals surface area contributed by atoms with E-state index in [9.17, 15) is 4.79 Å². The van der Waals surface area contributed by atoms with Gasteiger partial charge in [-0.2, -0.15) is 0 Å². The number of hydrogen-bond donors (Lipinski definition) is 0. The number of nitrogens with zero attached hydrogens (tertiary/aromatic N) is 1. The highest BCUT2D eigenvalue weighted by molar-refractivity contribution is 6.30. The molecular formula is C17H26ClNO. The van der Waals surface area contributed by atoms with Gasteiger partial charge in [-0.1, -0.05) is 39.3 Å². The highest BCUT2D eigenvalue weighted by Crippen LogP contribution is 2.12. The van der Waals surface area contributed by atoms with Crippen molar-refractivity contribution in [3.05, 3.63) is 34.9 Å². The first kappa shape index (κ1) is 17.2. The lowest BCUT2D eigenvalue weighted by Crippen LogP contribution is -2.33. The second kappa shape index (κ2) is 8.43. The van der Waals surface area contributed by atoms with Crippen molar-refractivity contribution in [2.75, 3.05) is 19.6 Å². The summed E-state index contributed by atoms with van der Waals surface area (Å²) < 4.78 is 0. The minimum absolute atomic E-state index is 0.194. The molecule has 0 aliphatic carbocycles. The summed E-state index contributed by atoms with van der Waals surface area (Å²) in [7, 11) is 0. The summed E-state index contributed by atoms with van der Waals surface area (Å²) in [5.41, 5.74) is 0.753. The molecule has 2 nitrogen and oxygen atoms in total. The lowest BCUT2D eigenvalue weighted by Gasteiger charge is -2.25. The van der Waals surface area contributed by atoms with E-state index in [1.165, 1.54) is 0 Å². The van der Waals surface area contributed by atoms with E-state index >= 15 is 0 Å². The molecule has 0 saturated heterocycles. The van der Waals surface area contributed by atoms with E-state index in [-0.39, 0.29) is 5.78 Å². The fourth-order valence-electron chi connectivity index (χ4n) is 2.33. The second-order valence-corrected chi connectivity index (χ2v) is 6.66. The van der Waals surface area contributed by atoms with E-state index in [1.807, 2.05) is 0 Å². The molecule has 3 heteroatoms. The van der Waals surface area contributed by atoms with E-state index in [0.29, 0.717) is 23.3 Å². The van der Waals surface area contributed by atoms with Crippen molar-refractivity contribution in [3.63, 3.8) is 0 Å². The molecule has 1 aromatic carbocycles. The first-order valence-electron chi connectivity index (χ1n) is 7.39. The average Bonchev–Trinajstić information content (AvgIpc) is 2.35. The maximum atomic E-state index is 12.2. The van der Waals surface area contributed by atoms with Gasteiger partial charge in [0, 0.05) is 36.6 Å². The van der Waals surface area contributed by atoms with Crippen LogP contribution in [0.4, 0.5) is 0 Å². The summed E-state index contributed by atoms with van der Waals surface area (Å²) in [6.45, 7) is 11.8. The van der Waals surface area contributed by atoms with Crippen LogP contribution in [0.25, 0.3) is 0 Å². The van der Waals surface area contributed by atoms with Gasteiger partial charge in [-0.3, -0.25) is 4.79 Å². The van der Waals surface area contributed by atoms with Crippen LogP contribution in [0.5, 0.6) is 0 Å². The predicted octanol–water partition coefficient (Wildman–Crippen LogP) is 4.53. The molecular weight excluding hydrogens is 270 g/mol. The zero-order chi connectivity index (χ0) is 15.1. The Kier molecular flexibility index (Phi) is 7.25. The molecule has 0 unspecified atom stereocenters. The molecule has 0 amide bonds. The Morgan fingerprint density at radius 1 is 1.05 bits per heavy atom. The molecule has 0 saturated carbocycles. The molecule has 0 atom stereocenters. The van der Waals surface area contributed by atoms with Crippen LogP contribution in [0, 0.1) is 11.8 Å². The minimum atomic E-state index is 0.194. The number of halogens is 1. The van der Waals surface area contributed by atoms with Gasteiger partial charge in [-0.25, -0.2) is 0 Å². The third-order valence-electron chi connectivity index (χ3n) is 3.07. The Balaban J connectivity index is 2.53. The highest BCUT2D eigenvalue weighted by atomic mass is 35.5. The van der Waals surface area contributed by atoms with E-state index < -0.39 is 0 Å². The average molecular weight is 296 g/mol. The fourth-order valence-corrected chi connectivity index (χ4v) is 2.46. The molecule has 1 aromatic rings. The molecule has 0 bridgehead atoms. The molecule has 0 fully saturated rings. The van der Waals surface area contributed by atoms with E-state index in [1.54, 1.807) is 24.3 Å². The van der Waals surface area contributed by atoms with Gasteiger partial charge in [0.25, 0.3) is 0 Å². The number of ketones is 1. The first-order chi connectivity index (χ1) is 9.38. The zero-order valence-electron chi connectivity index (χ0n) is 13.0. The predicted molar refractivity (Wildman–Crippen MR) is 86.5 cm³/mol. The van der Waals surface area contributed by atoms with Gasteiger partial charge in [0.15, 0.2) is 5.78 Å². The lowest BCUT2D eigenvalue weighted by atomic mass is 10.1. The molecule has 0 aliphatic rings. The Labute approximate surface area is 128 Å². The Morgan fingerprint density at radius 3 is 2.00 bits per heavy atom. The largest absolute Gasteiger partial charge is 0.302 e. The normalized spacial score (nSPS) is 11.6. The second-order valence-electron chi connectivity index (χ2n) is 6.23. The van der Waals surface area contributed by atoms with Crippen molar-refractivity contribution in [1.29, 1.82) is 0 Å². The number of Topliss-reactive ketones (excluding diaryl/α,β-unsaturated/α-hetero) is 1. The monoisotopic (exact) mass is 295 g/mol. The van der Waals surface area contributed by atoms with Crippen molar-refractivity contribution in [2.24, 2.45) is 11.8 Å². The van der Waals surface area contributed by atoms with Crippen molar-refractivity contribution in [1.82, 2.24) is 4.90 Å². The van der Waals surface area contributed by atoms with Crippen LogP contribution in [-0.4, -0.2) is 30.3 Å². The van der Waals surface area contributed by atoms with Gasteiger partial charge in [-0.05, 0) is 36.1 Å². The fraction of sp³-hybridized carbons (Fsp3) is 0.588. The SMILES string of the molecule is CC(C)CN(CCC(=O)c1ccc(Cl)cc1)CC(C)C. The summed E-state index contributed by atoms with van der Waals surface area (Å²) in [4.78, 5) is 14.6. The number of carbonyl (C=O) groups excluding carboxylic acids is 1. The Morgan fingerprint density at radius 2 is 1.55 bits per heavy atom. The summed E-state index contributed by atoms with van der Waals surface area (Å²) in [6.07, 6.45) is 0.571. The van der Waals surface area contributed by atoms with Crippen LogP contribution in [0.15, 0.2) is 24.3 Å². The Bertz CT molecular complexity index is 402. The number of carbonyl (C=O) groups is 1. The van der Waals surface area contributed by atoms with E-state index in [4.69, 9.17) is 11.6 Å². The molecule has 112 valence electrons. The minimum Gasteiger partial charge on any atom is -0.302 e. The summed E-state index contributed by atoms with van der Waals surface area (Å²) >= 11 is 5.84. The number of hydrogen-bond acceptors (Lipinski definition) is 2. The molecule has 0 spiro atoms. The summed E-state index contributed by atoms with van der Waals surface area (Å²) in [5, 5.41) is 0.669. The summed E-state index contributed by atoms with van der Waals surface area (Å²) in [5.74, 6) is 1.44. The van der Waals surface area contributed by atoms with Gasteiger partial charge >= 0.3 is 0 Å². The molecule has 0 aliphatic heterocycles. The first-order valence-corrected chi connectivity index (χ1v) is 7.77. The smallest absolute Gasteiger partial charge is 0.164 e. The van der Waals surface area contributed by atoms with Crippen LogP contribution >= 0.6 is 11.6 Å². The Hall–Kier alpha value is -0.860. The topological polar surface area (TPSA) is 20.3 Å². The maximum absolute atomic E-state index is 12.2. The molecule has 20 heavy (non-hydrogen) atoms. The van der Waals surface area contributed by atoms with Gasteiger partial charge in [0.2, 0.25) is 0 Å². The van der Waals surface area contributed by atoms with Gasteiger partial charge in [-0.15, -0.1) is 0 Å². The third-order valence-corrected chi connectivity index (χ3v) is 3.32.